The van der Waals surface area contributed by atoms with Crippen molar-refractivity contribution in [3.05, 3.63) is 10.1 Å². The largest absolute Gasteiger partial charge is 0.364 e. The fourth-order valence-electron chi connectivity index (χ4n) is 0.0929. The Morgan fingerprint density at radius 3 is 1.89 bits per heavy atom. The molecule has 0 heterocycles. The minimum atomic E-state index is -4.39. The first-order valence-corrected chi connectivity index (χ1v) is 3.08. The van der Waals surface area contributed by atoms with Gasteiger partial charge in [-0.3, -0.25) is 0 Å². The Morgan fingerprint density at radius 2 is 1.89 bits per heavy atom. The van der Waals surface area contributed by atoms with Crippen LogP contribution in [0.25, 0.3) is 0 Å². The zero-order valence-corrected chi connectivity index (χ0v) is 4.91. The molecule has 0 radical (unpaired) electrons. The molecule has 9 heavy (non-hydrogen) atoms. The van der Waals surface area contributed by atoms with E-state index in [1.165, 1.54) is 0 Å². The van der Waals surface area contributed by atoms with E-state index < -0.39 is 19.8 Å². The molecule has 0 aromatic carbocycles. The topological polar surface area (TPSA) is 133 Å². The van der Waals surface area contributed by atoms with Gasteiger partial charge in [0.15, 0.2) is 5.03 Å². The molecule has 0 rings (SSSR count). The lowest BCUT2D eigenvalue weighted by Gasteiger charge is -2.00. The molecule has 0 aromatic rings. The van der Waals surface area contributed by atoms with Crippen molar-refractivity contribution in [3.63, 3.8) is 0 Å². The number of rotatable bonds is 2. The number of hydrogen-bond acceptors (Lipinski definition) is 5. The maximum Gasteiger partial charge on any atom is 0.364 e. The van der Waals surface area contributed by atoms with Gasteiger partial charge in [-0.25, -0.2) is 15.3 Å². The van der Waals surface area contributed by atoms with Crippen molar-refractivity contribution in [2.75, 3.05) is 0 Å². The summed E-state index contributed by atoms with van der Waals surface area (Å²) in [5.74, 6) is 4.31. The Labute approximate surface area is 50.3 Å². The van der Waals surface area contributed by atoms with Gasteiger partial charge >= 0.3 is 10.2 Å². The van der Waals surface area contributed by atoms with E-state index in [2.05, 4.69) is 11.0 Å². The first kappa shape index (κ1) is 8.07. The third-order valence-electron chi connectivity index (χ3n) is 0.422. The predicted octanol–water partition coefficient (Wildman–Crippen LogP) is -2.44. The van der Waals surface area contributed by atoms with Crippen LogP contribution in [0.4, 0.5) is 0 Å². The molecule has 0 saturated heterocycles. The molecule has 9 heteroatoms. The number of nitro groups is 1. The average Bonchev–Trinajstić information content (AvgIpc) is 1.62. The third kappa shape index (κ3) is 2.21. The van der Waals surface area contributed by atoms with Crippen LogP contribution in [0.2, 0.25) is 0 Å². The van der Waals surface area contributed by atoms with Crippen molar-refractivity contribution in [3.8, 4) is 0 Å². The Bertz CT molecular complexity index is 203. The Hall–Kier alpha value is -0.930. The first-order valence-electron chi connectivity index (χ1n) is 1.57. The summed E-state index contributed by atoms with van der Waals surface area (Å²) in [4.78, 5) is 9.49. The molecule has 0 bridgehead atoms. The van der Waals surface area contributed by atoms with Crippen LogP contribution >= 0.6 is 0 Å². The lowest BCUT2D eigenvalue weighted by Crippen LogP contribution is -2.45. The standard InChI is InChI=1S/H4N4O4S/c1-3(4(5)6)9(2,7)8/h1H2,(H2,2,7,8). The van der Waals surface area contributed by atoms with Gasteiger partial charge in [-0.2, -0.15) is 14.3 Å². The van der Waals surface area contributed by atoms with Crippen molar-refractivity contribution in [1.29, 1.82) is 0 Å². The van der Waals surface area contributed by atoms with Gasteiger partial charge < -0.3 is 0 Å². The van der Waals surface area contributed by atoms with Crippen molar-refractivity contribution < 1.29 is 13.5 Å². The summed E-state index contributed by atoms with van der Waals surface area (Å²) in [7, 11) is -4.39. The molecule has 0 unspecified atom stereocenters. The fourth-order valence-corrected chi connectivity index (χ4v) is 0.279. The van der Waals surface area contributed by atoms with E-state index in [0.29, 0.717) is 0 Å². The van der Waals surface area contributed by atoms with Crippen LogP contribution in [-0.2, 0) is 10.2 Å². The summed E-state index contributed by atoms with van der Waals surface area (Å²) in [6, 6.07) is 0. The van der Waals surface area contributed by atoms with Crippen molar-refractivity contribution >= 4 is 10.2 Å². The van der Waals surface area contributed by atoms with Crippen LogP contribution in [0.1, 0.15) is 0 Å². The van der Waals surface area contributed by atoms with Crippen molar-refractivity contribution in [1.82, 2.24) is 4.52 Å². The summed E-state index contributed by atoms with van der Waals surface area (Å²) >= 11 is 0. The highest BCUT2D eigenvalue weighted by molar-refractivity contribution is 7.86. The molecule has 0 fully saturated rings. The van der Waals surface area contributed by atoms with E-state index in [9.17, 15) is 18.5 Å². The van der Waals surface area contributed by atoms with E-state index in [4.69, 9.17) is 0 Å². The molecule has 0 spiro atoms. The van der Waals surface area contributed by atoms with Gasteiger partial charge in [-0.05, 0) is 0 Å². The van der Waals surface area contributed by atoms with Crippen molar-refractivity contribution in [2.45, 2.75) is 0 Å². The van der Waals surface area contributed by atoms with E-state index in [0.717, 1.165) is 0 Å². The molecule has 8 nitrogen and oxygen atoms in total. The van der Waals surface area contributed by atoms with E-state index >= 15 is 0 Å². The zero-order valence-electron chi connectivity index (χ0n) is 4.09. The second-order valence-electron chi connectivity index (χ2n) is 1.06. The molecule has 0 aliphatic carbocycles. The lowest BCUT2D eigenvalue weighted by molar-refractivity contribution is -0.622. The summed E-state index contributed by atoms with van der Waals surface area (Å²) in [6.07, 6.45) is 0. The lowest BCUT2D eigenvalue weighted by atomic mass is 12.4. The molecule has 54 valence electrons. The maximum absolute atomic E-state index is 9.91. The van der Waals surface area contributed by atoms with Crippen LogP contribution in [0, 0.1) is 10.1 Å². The summed E-state index contributed by atoms with van der Waals surface area (Å²) in [5, 5.41) is 12.4. The Kier molecular flexibility index (Phi) is 1.91. The summed E-state index contributed by atoms with van der Waals surface area (Å²) < 4.78 is 19.1. The molecule has 0 amide bonds. The highest BCUT2D eigenvalue weighted by Crippen LogP contribution is 1.81. The van der Waals surface area contributed by atoms with Crippen LogP contribution in [0.3, 0.4) is 0 Å². The van der Waals surface area contributed by atoms with Crippen molar-refractivity contribution in [2.24, 2.45) is 11.0 Å². The molecular weight excluding hydrogens is 152 g/mol. The smallest absolute Gasteiger partial charge is 0.233 e. The quantitative estimate of drug-likeness (QED) is 0.260. The Morgan fingerprint density at radius 1 is 1.56 bits per heavy atom. The highest BCUT2D eigenvalue weighted by Gasteiger charge is 2.21. The van der Waals surface area contributed by atoms with Crippen LogP contribution < -0.4 is 11.0 Å². The van der Waals surface area contributed by atoms with E-state index in [1.54, 1.807) is 0 Å². The van der Waals surface area contributed by atoms with Gasteiger partial charge in [0.25, 0.3) is 0 Å². The fraction of sp³-hybridized carbons (Fsp3) is 0. The molecule has 0 aliphatic rings. The zero-order chi connectivity index (χ0) is 7.65. The van der Waals surface area contributed by atoms with Gasteiger partial charge in [-0.1, -0.05) is 0 Å². The predicted molar refractivity (Wildman–Crippen MR) is 26.1 cm³/mol. The van der Waals surface area contributed by atoms with Gasteiger partial charge in [0, 0.05) is 0 Å². The van der Waals surface area contributed by atoms with Gasteiger partial charge in [-0.15, -0.1) is 0 Å². The third-order valence-corrected chi connectivity index (χ3v) is 1.08. The second kappa shape index (κ2) is 2.13. The molecule has 0 atom stereocenters. The highest BCUT2D eigenvalue weighted by atomic mass is 32.2. The minimum Gasteiger partial charge on any atom is -0.233 e. The number of nitrogens with two attached hydrogens (primary N) is 2. The molecule has 0 aromatic heterocycles. The number of hydrogen-bond donors (Lipinski definition) is 2. The van der Waals surface area contributed by atoms with Crippen LogP contribution in [-0.4, -0.2) is 18.0 Å². The SMILES string of the molecule is NN([N+](=O)[O-])S(N)(=O)=O. The molecule has 0 saturated carbocycles. The summed E-state index contributed by atoms with van der Waals surface area (Å²) in [5.41, 5.74) is 0. The van der Waals surface area contributed by atoms with Crippen LogP contribution in [0.15, 0.2) is 0 Å². The minimum absolute atomic E-state index is 0.674. The van der Waals surface area contributed by atoms with Gasteiger partial charge in [0.1, 0.15) is 0 Å². The summed E-state index contributed by atoms with van der Waals surface area (Å²) in [6.45, 7) is 0. The normalized spacial score (nSPS) is 10.9. The molecule has 4 N–H and O–H groups in total. The Balaban J connectivity index is 4.43. The number of hydrazine groups is 2. The first-order chi connectivity index (χ1) is 3.85. The van der Waals surface area contributed by atoms with E-state index in [-0.39, 0.29) is 0 Å². The van der Waals surface area contributed by atoms with E-state index in [1.807, 2.05) is 0 Å². The maximum atomic E-state index is 9.91. The monoisotopic (exact) mass is 156 g/mol. The number of nitrogens with zero attached hydrogens (tertiary/aromatic N) is 2. The van der Waals surface area contributed by atoms with Gasteiger partial charge in [0.2, 0.25) is 0 Å². The second-order valence-corrected chi connectivity index (χ2v) is 2.46. The molecule has 0 aliphatic heterocycles. The average molecular weight is 156 g/mol. The molecular formula is H4N4O4S. The van der Waals surface area contributed by atoms with Gasteiger partial charge in [0.05, 0.1) is 4.52 Å². The van der Waals surface area contributed by atoms with Crippen LogP contribution in [0.5, 0.6) is 0 Å².